The number of para-hydroxylation sites is 2. The molecule has 0 saturated carbocycles. The number of aryl methyl sites for hydroxylation is 2. The van der Waals surface area contributed by atoms with Crippen LogP contribution in [0.4, 0.5) is 11.4 Å². The average Bonchev–Trinajstić information content (AvgIpc) is 3.24. The second kappa shape index (κ2) is 38.0. The maximum absolute atomic E-state index is 11.5. The molecule has 0 aromatic heterocycles. The monoisotopic (exact) mass is 851 g/mol. The molecule has 4 nitrogen and oxygen atoms in total. The van der Waals surface area contributed by atoms with Crippen molar-refractivity contribution in [3.05, 3.63) is 83.9 Å². The Morgan fingerprint density at radius 3 is 1.12 bits per heavy atom. The van der Waals surface area contributed by atoms with Gasteiger partial charge in [-0.05, 0) is 69.7 Å². The molecule has 59 heavy (non-hydrogen) atoms. The predicted molar refractivity (Wildman–Crippen MR) is 252 cm³/mol. The van der Waals surface area contributed by atoms with Crippen LogP contribution in [0.5, 0.6) is 11.5 Å². The summed E-state index contributed by atoms with van der Waals surface area (Å²) in [6.45, 7) is 8.36. The van der Waals surface area contributed by atoms with E-state index in [1.165, 1.54) is 159 Å². The number of unbranched alkanes of at least 4 members (excludes halogenated alkanes) is 24. The molecule has 3 aromatic carbocycles. The second-order valence-electron chi connectivity index (χ2n) is 16.7. The van der Waals surface area contributed by atoms with E-state index in [1.54, 1.807) is 19.1 Å². The first-order chi connectivity index (χ1) is 28.5. The predicted octanol–water partition coefficient (Wildman–Crippen LogP) is 16.6. The molecule has 0 unspecified atom stereocenters. The smallest absolute Gasteiger partial charge is 0.873 e. The number of hydrogen-bond donors (Lipinski definition) is 0. The topological polar surface area (TPSA) is 70.8 Å². The Morgan fingerprint density at radius 1 is 0.390 bits per heavy atom. The molecule has 0 fully saturated rings. The SMILES string of the molecule is CCCCCCCCCCCCCCCCCCCCCCCCC(=Nc1ccccc1)C(CCCC)=Nc1ccccc1.CCCCCc1ccc(C)c([O-])c1[O-].[Ni+2]. The van der Waals surface area contributed by atoms with Crippen LogP contribution in [0.3, 0.4) is 0 Å². The van der Waals surface area contributed by atoms with E-state index in [-0.39, 0.29) is 28.0 Å². The summed E-state index contributed by atoms with van der Waals surface area (Å²) in [5.41, 5.74) is 5.65. The molecule has 3 rings (SSSR count). The summed E-state index contributed by atoms with van der Waals surface area (Å²) in [7, 11) is 0. The van der Waals surface area contributed by atoms with Crippen molar-refractivity contribution in [2.75, 3.05) is 0 Å². The summed E-state index contributed by atoms with van der Waals surface area (Å²) in [4.78, 5) is 10.2. The molecular weight excluding hydrogens is 767 g/mol. The number of nitrogens with zero attached hydrogens (tertiary/aromatic N) is 2. The molecule has 0 N–H and O–H groups in total. The van der Waals surface area contributed by atoms with E-state index in [4.69, 9.17) is 9.98 Å². The Bertz CT molecular complexity index is 1460. The maximum Gasteiger partial charge on any atom is 2.00 e. The average molecular weight is 852 g/mol. The minimum atomic E-state index is -0.334. The molecule has 0 heterocycles. The molecule has 0 aliphatic rings. The summed E-state index contributed by atoms with van der Waals surface area (Å²) >= 11 is 0. The van der Waals surface area contributed by atoms with Gasteiger partial charge in [0.25, 0.3) is 0 Å². The standard InChI is InChI=1S/C42H68N2.C12H18O2.Ni/c1-3-5-7-8-9-10-11-12-13-14-15-16-17-18-19-20-21-22-23-24-25-32-38-42(44-40-35-30-27-31-36-40)41(37-6-4-2)43-39-33-28-26-29-34-39;1-3-4-5-6-10-8-7-9(2)11(13)12(10)14;/h26-31,33-36H,3-25,32,37-38H2,1-2H3;7-8,13-14H,3-6H2,1-2H3;/q;;+2/p-2. The number of aliphatic imine (C=N–C) groups is 2. The van der Waals surface area contributed by atoms with Gasteiger partial charge in [-0.3, -0.25) is 9.98 Å². The van der Waals surface area contributed by atoms with E-state index in [2.05, 4.69) is 81.4 Å². The van der Waals surface area contributed by atoms with Crippen LogP contribution in [0.25, 0.3) is 0 Å². The molecule has 0 spiro atoms. The summed E-state index contributed by atoms with van der Waals surface area (Å²) in [6, 6.07) is 24.4. The molecule has 0 atom stereocenters. The van der Waals surface area contributed by atoms with E-state index in [9.17, 15) is 10.2 Å². The Balaban J connectivity index is 0.000000977. The van der Waals surface area contributed by atoms with Gasteiger partial charge in [0.1, 0.15) is 0 Å². The Kier molecular flexibility index (Phi) is 34.9. The summed E-state index contributed by atoms with van der Waals surface area (Å²) in [5.74, 6) is -0.639. The van der Waals surface area contributed by atoms with Crippen LogP contribution in [-0.2, 0) is 22.9 Å². The third kappa shape index (κ3) is 27.5. The van der Waals surface area contributed by atoms with Crippen LogP contribution in [0.15, 0.2) is 82.8 Å². The number of rotatable bonds is 33. The first-order valence-electron chi connectivity index (χ1n) is 24.2. The van der Waals surface area contributed by atoms with E-state index < -0.39 is 0 Å². The van der Waals surface area contributed by atoms with Crippen LogP contribution in [0.1, 0.15) is 218 Å². The molecule has 0 bridgehead atoms. The fourth-order valence-electron chi connectivity index (χ4n) is 7.56. The van der Waals surface area contributed by atoms with Crippen LogP contribution in [0.2, 0.25) is 0 Å². The van der Waals surface area contributed by atoms with Crippen molar-refractivity contribution in [1.29, 1.82) is 0 Å². The quantitative estimate of drug-likeness (QED) is 0.0348. The van der Waals surface area contributed by atoms with Crippen LogP contribution in [0, 0.1) is 6.92 Å². The van der Waals surface area contributed by atoms with Crippen molar-refractivity contribution in [3.63, 3.8) is 0 Å². The normalized spacial score (nSPS) is 11.6. The molecule has 5 heteroatoms. The van der Waals surface area contributed by atoms with Gasteiger partial charge in [-0.15, -0.1) is 11.5 Å². The van der Waals surface area contributed by atoms with Crippen molar-refractivity contribution >= 4 is 22.8 Å². The fraction of sp³-hybridized carbons (Fsp3) is 0.630. The largest absolute Gasteiger partial charge is 2.00 e. The zero-order valence-electron chi connectivity index (χ0n) is 38.2. The van der Waals surface area contributed by atoms with Gasteiger partial charge < -0.3 is 10.2 Å². The summed E-state index contributed by atoms with van der Waals surface area (Å²) in [5, 5.41) is 22.8. The minimum Gasteiger partial charge on any atom is -0.873 e. The molecule has 0 aliphatic carbocycles. The fourth-order valence-corrected chi connectivity index (χ4v) is 7.56. The van der Waals surface area contributed by atoms with Crippen LogP contribution < -0.4 is 10.2 Å². The van der Waals surface area contributed by atoms with E-state index in [1.807, 2.05) is 0 Å². The van der Waals surface area contributed by atoms with Gasteiger partial charge in [0, 0.05) is 0 Å². The zero-order valence-corrected chi connectivity index (χ0v) is 39.2. The van der Waals surface area contributed by atoms with Gasteiger partial charge in [-0.25, -0.2) is 0 Å². The minimum absolute atomic E-state index is 0. The first-order valence-corrected chi connectivity index (χ1v) is 24.2. The number of benzene rings is 3. The molecule has 0 saturated heterocycles. The van der Waals surface area contributed by atoms with Crippen molar-refractivity contribution < 1.29 is 26.7 Å². The van der Waals surface area contributed by atoms with Gasteiger partial charge in [0.15, 0.2) is 0 Å². The van der Waals surface area contributed by atoms with Gasteiger partial charge in [-0.1, -0.05) is 235 Å². The van der Waals surface area contributed by atoms with Crippen molar-refractivity contribution in [2.24, 2.45) is 9.98 Å². The first kappa shape index (κ1) is 54.1. The molecule has 3 aromatic rings. The van der Waals surface area contributed by atoms with E-state index in [0.29, 0.717) is 11.1 Å². The summed E-state index contributed by atoms with van der Waals surface area (Å²) < 4.78 is 0. The van der Waals surface area contributed by atoms with Gasteiger partial charge >= 0.3 is 16.5 Å². The van der Waals surface area contributed by atoms with Gasteiger partial charge in [-0.2, -0.15) is 0 Å². The van der Waals surface area contributed by atoms with Crippen LogP contribution in [-0.4, -0.2) is 11.4 Å². The van der Waals surface area contributed by atoms with Gasteiger partial charge in [0.05, 0.1) is 22.8 Å². The van der Waals surface area contributed by atoms with Crippen molar-refractivity contribution in [1.82, 2.24) is 0 Å². The Morgan fingerprint density at radius 2 is 0.729 bits per heavy atom. The van der Waals surface area contributed by atoms with Crippen LogP contribution >= 0.6 is 0 Å². The van der Waals surface area contributed by atoms with Crippen molar-refractivity contribution in [2.45, 2.75) is 220 Å². The third-order valence-electron chi connectivity index (χ3n) is 11.3. The number of hydrogen-bond acceptors (Lipinski definition) is 4. The third-order valence-corrected chi connectivity index (χ3v) is 11.3. The second-order valence-corrected chi connectivity index (χ2v) is 16.7. The molecule has 0 aliphatic heterocycles. The molecule has 332 valence electrons. The molecule has 0 radical (unpaired) electrons. The summed E-state index contributed by atoms with van der Waals surface area (Å²) in [6.07, 6.45) is 39.6. The molecular formula is C54H84N2NiO2. The zero-order chi connectivity index (χ0) is 41.7. The van der Waals surface area contributed by atoms with Crippen molar-refractivity contribution in [3.8, 4) is 11.5 Å². The van der Waals surface area contributed by atoms with E-state index >= 15 is 0 Å². The van der Waals surface area contributed by atoms with E-state index in [0.717, 1.165) is 56.3 Å². The molecule has 0 amide bonds. The Hall–Kier alpha value is -2.91. The maximum atomic E-state index is 11.5. The van der Waals surface area contributed by atoms with Gasteiger partial charge in [0.2, 0.25) is 0 Å². The Labute approximate surface area is 373 Å².